The van der Waals surface area contributed by atoms with E-state index in [9.17, 15) is 4.79 Å². The van der Waals surface area contributed by atoms with E-state index in [4.69, 9.17) is 0 Å². The van der Waals surface area contributed by atoms with E-state index in [1.54, 1.807) is 5.38 Å². The van der Waals surface area contributed by atoms with Crippen molar-refractivity contribution >= 4 is 17.4 Å². The van der Waals surface area contributed by atoms with Crippen molar-refractivity contribution in [2.45, 2.75) is 26.8 Å². The number of hydrogen-bond acceptors (Lipinski definition) is 4. The number of rotatable bonds is 3. The number of amides is 1. The van der Waals surface area contributed by atoms with Crippen molar-refractivity contribution in [3.63, 3.8) is 0 Å². The van der Waals surface area contributed by atoms with Gasteiger partial charge in [0.05, 0.1) is 0 Å². The van der Waals surface area contributed by atoms with Gasteiger partial charge in [0.25, 0.3) is 5.91 Å². The van der Waals surface area contributed by atoms with Crippen LogP contribution in [0.1, 0.15) is 31.3 Å². The molecule has 1 unspecified atom stereocenters. The molecule has 1 rings (SSSR count). The topological polar surface area (TPSA) is 54.9 Å². The maximum absolute atomic E-state index is 11.4. The van der Waals surface area contributed by atoms with Crippen LogP contribution in [0, 0.1) is 5.92 Å². The summed E-state index contributed by atoms with van der Waals surface area (Å²) in [6.07, 6.45) is 0. The van der Waals surface area contributed by atoms with Crippen LogP contribution in [0.2, 0.25) is 0 Å². The highest BCUT2D eigenvalue weighted by molar-refractivity contribution is 7.03. The van der Waals surface area contributed by atoms with Gasteiger partial charge in [0.15, 0.2) is 5.69 Å². The Kier molecular flexibility index (Phi) is 3.36. The molecule has 0 aromatic carbocycles. The van der Waals surface area contributed by atoms with Gasteiger partial charge >= 0.3 is 0 Å². The SMILES string of the molecule is CC(C)C(C)NC(=O)c1csnn1. The minimum atomic E-state index is -0.144. The van der Waals surface area contributed by atoms with Gasteiger partial charge in [-0.3, -0.25) is 4.79 Å². The fraction of sp³-hybridized carbons (Fsp3) is 0.625. The number of carbonyl (C=O) groups excluding carboxylic acids is 1. The largest absolute Gasteiger partial charge is 0.348 e. The lowest BCUT2D eigenvalue weighted by Gasteiger charge is -2.16. The van der Waals surface area contributed by atoms with Crippen LogP contribution < -0.4 is 5.32 Å². The molecule has 0 aliphatic heterocycles. The summed E-state index contributed by atoms with van der Waals surface area (Å²) in [6, 6.07) is 0.161. The Morgan fingerprint density at radius 2 is 2.23 bits per heavy atom. The Balaban J connectivity index is 2.52. The van der Waals surface area contributed by atoms with Crippen LogP contribution in [0.25, 0.3) is 0 Å². The first-order chi connectivity index (χ1) is 6.11. The maximum Gasteiger partial charge on any atom is 0.272 e. The van der Waals surface area contributed by atoms with Gasteiger partial charge in [0, 0.05) is 11.4 Å². The molecule has 72 valence electrons. The lowest BCUT2D eigenvalue weighted by molar-refractivity contribution is 0.0925. The second-order valence-electron chi connectivity index (χ2n) is 3.30. The molecule has 13 heavy (non-hydrogen) atoms. The van der Waals surface area contributed by atoms with Gasteiger partial charge in [-0.25, -0.2) is 0 Å². The van der Waals surface area contributed by atoms with E-state index in [2.05, 4.69) is 28.8 Å². The summed E-state index contributed by atoms with van der Waals surface area (Å²) in [7, 11) is 0. The van der Waals surface area contributed by atoms with Crippen LogP contribution in [0.4, 0.5) is 0 Å². The lowest BCUT2D eigenvalue weighted by atomic mass is 10.1. The minimum Gasteiger partial charge on any atom is -0.348 e. The molecule has 0 fully saturated rings. The summed E-state index contributed by atoms with van der Waals surface area (Å²) in [5.41, 5.74) is 0.400. The summed E-state index contributed by atoms with van der Waals surface area (Å²) in [5, 5.41) is 8.17. The highest BCUT2D eigenvalue weighted by Crippen LogP contribution is 2.02. The Morgan fingerprint density at radius 3 is 2.69 bits per heavy atom. The zero-order valence-electron chi connectivity index (χ0n) is 7.94. The molecule has 5 heteroatoms. The predicted molar refractivity (Wildman–Crippen MR) is 51.7 cm³/mol. The molecule has 1 amide bonds. The van der Waals surface area contributed by atoms with Crippen LogP contribution in [0.15, 0.2) is 5.38 Å². The zero-order valence-corrected chi connectivity index (χ0v) is 8.76. The third-order valence-electron chi connectivity index (χ3n) is 1.95. The van der Waals surface area contributed by atoms with Gasteiger partial charge < -0.3 is 5.32 Å². The van der Waals surface area contributed by atoms with Gasteiger partial charge in [-0.15, -0.1) is 5.10 Å². The highest BCUT2D eigenvalue weighted by Gasteiger charge is 2.13. The number of nitrogens with zero attached hydrogens (tertiary/aromatic N) is 2. The summed E-state index contributed by atoms with van der Waals surface area (Å²) >= 11 is 1.18. The molecule has 0 saturated carbocycles. The molecule has 1 aromatic heterocycles. The average molecular weight is 199 g/mol. The molecule has 0 saturated heterocycles. The van der Waals surface area contributed by atoms with Crippen molar-refractivity contribution in [3.8, 4) is 0 Å². The predicted octanol–water partition coefficient (Wildman–Crippen LogP) is 1.31. The first-order valence-corrected chi connectivity index (χ1v) is 5.03. The lowest BCUT2D eigenvalue weighted by Crippen LogP contribution is -2.36. The van der Waals surface area contributed by atoms with E-state index in [1.807, 2.05) is 6.92 Å². The van der Waals surface area contributed by atoms with Gasteiger partial charge in [0.1, 0.15) is 0 Å². The monoisotopic (exact) mass is 199 g/mol. The van der Waals surface area contributed by atoms with E-state index in [0.717, 1.165) is 0 Å². The van der Waals surface area contributed by atoms with Crippen molar-refractivity contribution in [1.82, 2.24) is 14.9 Å². The fourth-order valence-corrected chi connectivity index (χ4v) is 1.15. The minimum absolute atomic E-state index is 0.144. The van der Waals surface area contributed by atoms with Crippen molar-refractivity contribution in [2.75, 3.05) is 0 Å². The molecule has 1 atom stereocenters. The zero-order chi connectivity index (χ0) is 9.84. The van der Waals surface area contributed by atoms with Crippen LogP contribution in [-0.2, 0) is 0 Å². The van der Waals surface area contributed by atoms with Gasteiger partial charge in [-0.2, -0.15) is 0 Å². The standard InChI is InChI=1S/C8H13N3OS/c1-5(2)6(3)9-8(12)7-4-13-11-10-7/h4-6H,1-3H3,(H,9,12). The first-order valence-electron chi connectivity index (χ1n) is 4.19. The molecule has 4 nitrogen and oxygen atoms in total. The Labute approximate surface area is 81.5 Å². The van der Waals surface area contributed by atoms with Gasteiger partial charge in [-0.1, -0.05) is 18.3 Å². The number of nitrogens with one attached hydrogen (secondary N) is 1. The van der Waals surface area contributed by atoms with E-state index in [-0.39, 0.29) is 11.9 Å². The molecule has 0 spiro atoms. The fourth-order valence-electron chi connectivity index (χ4n) is 0.711. The van der Waals surface area contributed by atoms with E-state index in [0.29, 0.717) is 11.6 Å². The van der Waals surface area contributed by atoms with Crippen molar-refractivity contribution in [2.24, 2.45) is 5.92 Å². The molecule has 0 radical (unpaired) electrons. The smallest absolute Gasteiger partial charge is 0.272 e. The summed E-state index contributed by atoms with van der Waals surface area (Å²) in [5.74, 6) is 0.283. The van der Waals surface area contributed by atoms with Crippen LogP contribution in [0.5, 0.6) is 0 Å². The highest BCUT2D eigenvalue weighted by atomic mass is 32.1. The maximum atomic E-state index is 11.4. The van der Waals surface area contributed by atoms with Crippen molar-refractivity contribution < 1.29 is 4.79 Å². The van der Waals surface area contributed by atoms with E-state index >= 15 is 0 Å². The number of carbonyl (C=O) groups is 1. The third kappa shape index (κ3) is 2.77. The first kappa shape index (κ1) is 10.1. The second-order valence-corrected chi connectivity index (χ2v) is 3.91. The quantitative estimate of drug-likeness (QED) is 0.798. The van der Waals surface area contributed by atoms with Crippen molar-refractivity contribution in [3.05, 3.63) is 11.1 Å². The molecule has 1 N–H and O–H groups in total. The van der Waals surface area contributed by atoms with Gasteiger partial charge in [0.2, 0.25) is 0 Å². The van der Waals surface area contributed by atoms with E-state index in [1.165, 1.54) is 11.5 Å². The van der Waals surface area contributed by atoms with Crippen LogP contribution in [0.3, 0.4) is 0 Å². The molecule has 0 bridgehead atoms. The normalized spacial score (nSPS) is 12.9. The summed E-state index contributed by atoms with van der Waals surface area (Å²) in [4.78, 5) is 11.4. The molecular formula is C8H13N3OS. The number of aromatic nitrogens is 2. The van der Waals surface area contributed by atoms with Crippen molar-refractivity contribution in [1.29, 1.82) is 0 Å². The molecule has 0 aliphatic rings. The second kappa shape index (κ2) is 4.32. The summed E-state index contributed by atoms with van der Waals surface area (Å²) in [6.45, 7) is 6.09. The van der Waals surface area contributed by atoms with E-state index < -0.39 is 0 Å². The van der Waals surface area contributed by atoms with Crippen LogP contribution >= 0.6 is 11.5 Å². The average Bonchev–Trinajstić information content (AvgIpc) is 2.55. The molecular weight excluding hydrogens is 186 g/mol. The Morgan fingerprint density at radius 1 is 1.54 bits per heavy atom. The molecule has 1 heterocycles. The molecule has 1 aromatic rings. The Bertz CT molecular complexity index is 271. The molecule has 0 aliphatic carbocycles. The van der Waals surface area contributed by atoms with Crippen LogP contribution in [-0.4, -0.2) is 21.5 Å². The Hall–Kier alpha value is -0.970. The number of hydrogen-bond donors (Lipinski definition) is 1. The third-order valence-corrected chi connectivity index (χ3v) is 2.46. The van der Waals surface area contributed by atoms with Gasteiger partial charge in [-0.05, 0) is 24.4 Å². The summed E-state index contributed by atoms with van der Waals surface area (Å²) < 4.78 is 3.63.